The van der Waals surface area contributed by atoms with Crippen molar-refractivity contribution < 1.29 is 9.47 Å². The van der Waals surface area contributed by atoms with E-state index in [4.69, 9.17) is 9.47 Å². The Kier molecular flexibility index (Phi) is 3.98. The SMILES string of the molecule is COc1ccc(N(C)c2nc(SC)nc3c2COC3)cc1. The molecule has 0 aliphatic carbocycles. The largest absolute Gasteiger partial charge is 0.497 e. The molecule has 1 aromatic carbocycles. The Morgan fingerprint density at radius 3 is 2.62 bits per heavy atom. The maximum atomic E-state index is 5.52. The summed E-state index contributed by atoms with van der Waals surface area (Å²) < 4.78 is 10.7. The molecule has 21 heavy (non-hydrogen) atoms. The number of anilines is 2. The van der Waals surface area contributed by atoms with Crippen LogP contribution >= 0.6 is 11.8 Å². The molecule has 5 nitrogen and oxygen atoms in total. The van der Waals surface area contributed by atoms with Crippen molar-refractivity contribution >= 4 is 23.3 Å². The Hall–Kier alpha value is -1.79. The first-order chi connectivity index (χ1) is 10.2. The first kappa shape index (κ1) is 14.2. The molecular formula is C15H17N3O2S. The summed E-state index contributed by atoms with van der Waals surface area (Å²) in [6, 6.07) is 7.92. The van der Waals surface area contributed by atoms with E-state index in [1.807, 2.05) is 37.6 Å². The van der Waals surface area contributed by atoms with Gasteiger partial charge < -0.3 is 14.4 Å². The van der Waals surface area contributed by atoms with Gasteiger partial charge in [0.1, 0.15) is 11.6 Å². The Bertz CT molecular complexity index is 646. The van der Waals surface area contributed by atoms with E-state index >= 15 is 0 Å². The predicted octanol–water partition coefficient (Wildman–Crippen LogP) is 3.01. The van der Waals surface area contributed by atoms with Gasteiger partial charge in [-0.25, -0.2) is 9.97 Å². The third-order valence-electron chi connectivity index (χ3n) is 3.50. The second kappa shape index (κ2) is 5.91. The quantitative estimate of drug-likeness (QED) is 0.639. The summed E-state index contributed by atoms with van der Waals surface area (Å²) in [6.45, 7) is 1.13. The highest BCUT2D eigenvalue weighted by Gasteiger charge is 2.22. The minimum absolute atomic E-state index is 0.564. The number of ether oxygens (including phenoxy) is 2. The van der Waals surface area contributed by atoms with Crippen molar-refractivity contribution in [3.8, 4) is 5.75 Å². The maximum Gasteiger partial charge on any atom is 0.189 e. The average molecular weight is 303 g/mol. The van der Waals surface area contributed by atoms with Crippen LogP contribution in [0.1, 0.15) is 11.3 Å². The highest BCUT2D eigenvalue weighted by Crippen LogP contribution is 2.33. The summed E-state index contributed by atoms with van der Waals surface area (Å²) >= 11 is 1.54. The van der Waals surface area contributed by atoms with Gasteiger partial charge in [-0.2, -0.15) is 0 Å². The lowest BCUT2D eigenvalue weighted by atomic mass is 10.2. The molecule has 1 aromatic heterocycles. The fraction of sp³-hybridized carbons (Fsp3) is 0.333. The molecule has 0 atom stereocenters. The van der Waals surface area contributed by atoms with Gasteiger partial charge in [-0.3, -0.25) is 0 Å². The van der Waals surface area contributed by atoms with Gasteiger partial charge in [-0.1, -0.05) is 11.8 Å². The molecule has 110 valence electrons. The summed E-state index contributed by atoms with van der Waals surface area (Å²) in [6.07, 6.45) is 1.98. The Morgan fingerprint density at radius 2 is 1.95 bits per heavy atom. The minimum Gasteiger partial charge on any atom is -0.497 e. The van der Waals surface area contributed by atoms with E-state index in [0.717, 1.165) is 33.7 Å². The molecule has 6 heteroatoms. The zero-order valence-electron chi connectivity index (χ0n) is 12.3. The zero-order chi connectivity index (χ0) is 14.8. The standard InChI is InChI=1S/C15H17N3O2S/c1-18(10-4-6-11(19-2)7-5-10)14-12-8-20-9-13(12)16-15(17-14)21-3/h4-7H,8-9H2,1-3H3. The van der Waals surface area contributed by atoms with Gasteiger partial charge >= 0.3 is 0 Å². The van der Waals surface area contributed by atoms with Crippen LogP contribution in [0.5, 0.6) is 5.75 Å². The van der Waals surface area contributed by atoms with E-state index < -0.39 is 0 Å². The third-order valence-corrected chi connectivity index (χ3v) is 4.04. The van der Waals surface area contributed by atoms with Crippen molar-refractivity contribution in [2.45, 2.75) is 18.4 Å². The van der Waals surface area contributed by atoms with Crippen LogP contribution < -0.4 is 9.64 Å². The maximum absolute atomic E-state index is 5.52. The number of thioether (sulfide) groups is 1. The molecule has 2 aromatic rings. The molecule has 0 radical (unpaired) electrons. The van der Waals surface area contributed by atoms with Crippen molar-refractivity contribution in [3.63, 3.8) is 0 Å². The number of nitrogens with zero attached hydrogens (tertiary/aromatic N) is 3. The fourth-order valence-electron chi connectivity index (χ4n) is 2.31. The highest BCUT2D eigenvalue weighted by molar-refractivity contribution is 7.98. The molecule has 0 spiro atoms. The number of aromatic nitrogens is 2. The van der Waals surface area contributed by atoms with Crippen molar-refractivity contribution in [3.05, 3.63) is 35.5 Å². The van der Waals surface area contributed by atoms with Crippen molar-refractivity contribution in [1.29, 1.82) is 0 Å². The normalized spacial score (nSPS) is 13.1. The average Bonchev–Trinajstić information content (AvgIpc) is 3.01. The second-order valence-corrected chi connectivity index (χ2v) is 5.48. The minimum atomic E-state index is 0.564. The van der Waals surface area contributed by atoms with Gasteiger partial charge in [0, 0.05) is 18.3 Å². The summed E-state index contributed by atoms with van der Waals surface area (Å²) in [5, 5.41) is 0.773. The van der Waals surface area contributed by atoms with E-state index in [1.165, 1.54) is 0 Å². The van der Waals surface area contributed by atoms with Crippen LogP contribution in [0.4, 0.5) is 11.5 Å². The number of hydrogen-bond acceptors (Lipinski definition) is 6. The van der Waals surface area contributed by atoms with Crippen LogP contribution in [-0.4, -0.2) is 30.4 Å². The van der Waals surface area contributed by atoms with E-state index in [0.29, 0.717) is 13.2 Å². The Morgan fingerprint density at radius 1 is 1.19 bits per heavy atom. The smallest absolute Gasteiger partial charge is 0.189 e. The second-order valence-electron chi connectivity index (χ2n) is 4.71. The number of rotatable bonds is 4. The third kappa shape index (κ3) is 2.69. The highest BCUT2D eigenvalue weighted by atomic mass is 32.2. The zero-order valence-corrected chi connectivity index (χ0v) is 13.1. The van der Waals surface area contributed by atoms with Gasteiger partial charge in [0.15, 0.2) is 5.16 Å². The van der Waals surface area contributed by atoms with Crippen LogP contribution in [0.3, 0.4) is 0 Å². The molecular weight excluding hydrogens is 286 g/mol. The van der Waals surface area contributed by atoms with E-state index in [2.05, 4.69) is 14.9 Å². The lowest BCUT2D eigenvalue weighted by molar-refractivity contribution is 0.133. The number of benzene rings is 1. The predicted molar refractivity (Wildman–Crippen MR) is 83.4 cm³/mol. The molecule has 0 saturated heterocycles. The van der Waals surface area contributed by atoms with Crippen molar-refractivity contribution in [2.24, 2.45) is 0 Å². The van der Waals surface area contributed by atoms with Crippen molar-refractivity contribution in [1.82, 2.24) is 9.97 Å². The van der Waals surface area contributed by atoms with E-state index in [9.17, 15) is 0 Å². The number of methoxy groups -OCH3 is 1. The van der Waals surface area contributed by atoms with Crippen LogP contribution in [-0.2, 0) is 18.0 Å². The van der Waals surface area contributed by atoms with Gasteiger partial charge in [-0.15, -0.1) is 0 Å². The summed E-state index contributed by atoms with van der Waals surface area (Å²) in [5.41, 5.74) is 3.12. The van der Waals surface area contributed by atoms with Crippen LogP contribution in [0.15, 0.2) is 29.4 Å². The first-order valence-electron chi connectivity index (χ1n) is 6.62. The number of fused-ring (bicyclic) bond motifs is 1. The topological polar surface area (TPSA) is 47.5 Å². The molecule has 1 aliphatic heterocycles. The Labute approximate surface area is 128 Å². The van der Waals surface area contributed by atoms with Gasteiger partial charge in [0.2, 0.25) is 0 Å². The monoisotopic (exact) mass is 303 g/mol. The van der Waals surface area contributed by atoms with Crippen LogP contribution in [0.25, 0.3) is 0 Å². The Balaban J connectivity index is 2.00. The number of hydrogen-bond donors (Lipinski definition) is 0. The summed E-state index contributed by atoms with van der Waals surface area (Å²) in [5.74, 6) is 1.75. The fourth-order valence-corrected chi connectivity index (χ4v) is 2.69. The van der Waals surface area contributed by atoms with Crippen LogP contribution in [0.2, 0.25) is 0 Å². The van der Waals surface area contributed by atoms with Gasteiger partial charge in [-0.05, 0) is 30.5 Å². The molecule has 0 amide bonds. The van der Waals surface area contributed by atoms with Crippen LogP contribution in [0, 0.1) is 0 Å². The molecule has 0 fully saturated rings. The first-order valence-corrected chi connectivity index (χ1v) is 7.84. The van der Waals surface area contributed by atoms with Gasteiger partial charge in [0.05, 0.1) is 26.0 Å². The van der Waals surface area contributed by atoms with E-state index in [-0.39, 0.29) is 0 Å². The van der Waals surface area contributed by atoms with Crippen molar-refractivity contribution in [2.75, 3.05) is 25.3 Å². The molecule has 0 saturated carbocycles. The lowest BCUT2D eigenvalue weighted by Crippen LogP contribution is -2.15. The molecule has 3 rings (SSSR count). The lowest BCUT2D eigenvalue weighted by Gasteiger charge is -2.21. The summed E-state index contributed by atoms with van der Waals surface area (Å²) in [4.78, 5) is 11.2. The van der Waals surface area contributed by atoms with E-state index in [1.54, 1.807) is 18.9 Å². The molecule has 0 unspecified atom stereocenters. The molecule has 0 bridgehead atoms. The summed E-state index contributed by atoms with van der Waals surface area (Å²) in [7, 11) is 3.67. The van der Waals surface area contributed by atoms with Gasteiger partial charge in [0.25, 0.3) is 0 Å². The molecule has 2 heterocycles. The molecule has 0 N–H and O–H groups in total. The molecule has 1 aliphatic rings.